The van der Waals surface area contributed by atoms with Crippen molar-refractivity contribution in [3.05, 3.63) is 46.2 Å². The summed E-state index contributed by atoms with van der Waals surface area (Å²) in [6.45, 7) is 4.60. The Labute approximate surface area is 145 Å². The number of nitrogens with zero attached hydrogens (tertiary/aromatic N) is 2. The van der Waals surface area contributed by atoms with Crippen LogP contribution in [-0.4, -0.2) is 48.7 Å². The molecule has 0 atom stereocenters. The van der Waals surface area contributed by atoms with Gasteiger partial charge in [-0.25, -0.2) is 0 Å². The van der Waals surface area contributed by atoms with Crippen LogP contribution in [0.4, 0.5) is 0 Å². The van der Waals surface area contributed by atoms with E-state index in [9.17, 15) is 4.79 Å². The Morgan fingerprint density at radius 2 is 1.92 bits per heavy atom. The van der Waals surface area contributed by atoms with E-state index in [4.69, 9.17) is 9.47 Å². The molecule has 0 spiro atoms. The van der Waals surface area contributed by atoms with E-state index in [-0.39, 0.29) is 5.91 Å². The first-order chi connectivity index (χ1) is 11.8. The average molecular weight is 344 g/mol. The lowest BCUT2D eigenvalue weighted by Crippen LogP contribution is -2.48. The second kappa shape index (κ2) is 6.83. The Kier molecular flexibility index (Phi) is 4.40. The van der Waals surface area contributed by atoms with Gasteiger partial charge in [0.15, 0.2) is 11.5 Å². The quantitative estimate of drug-likeness (QED) is 0.854. The lowest BCUT2D eigenvalue weighted by molar-refractivity contribution is -0.132. The van der Waals surface area contributed by atoms with Crippen LogP contribution in [0.5, 0.6) is 11.5 Å². The van der Waals surface area contributed by atoms with Crippen molar-refractivity contribution in [2.75, 3.05) is 33.0 Å². The first kappa shape index (κ1) is 15.5. The summed E-state index contributed by atoms with van der Waals surface area (Å²) in [5.41, 5.74) is 1.22. The van der Waals surface area contributed by atoms with E-state index in [0.717, 1.165) is 49.1 Å². The molecule has 0 saturated carbocycles. The Bertz CT molecular complexity index is 709. The van der Waals surface area contributed by atoms with Gasteiger partial charge in [-0.2, -0.15) is 0 Å². The van der Waals surface area contributed by atoms with Gasteiger partial charge in [-0.05, 0) is 29.1 Å². The Hall–Kier alpha value is -2.05. The van der Waals surface area contributed by atoms with Gasteiger partial charge in [-0.15, -0.1) is 11.3 Å². The third kappa shape index (κ3) is 3.39. The minimum absolute atomic E-state index is 0.236. The van der Waals surface area contributed by atoms with Gasteiger partial charge >= 0.3 is 0 Å². The molecule has 1 saturated heterocycles. The molecule has 0 bridgehead atoms. The van der Waals surface area contributed by atoms with E-state index in [1.54, 1.807) is 11.3 Å². The summed E-state index contributed by atoms with van der Waals surface area (Å²) in [7, 11) is 0. The molecule has 5 nitrogen and oxygen atoms in total. The van der Waals surface area contributed by atoms with Crippen LogP contribution in [0.25, 0.3) is 0 Å². The van der Waals surface area contributed by atoms with Gasteiger partial charge in [0.05, 0.1) is 6.42 Å². The highest BCUT2D eigenvalue weighted by Crippen LogP contribution is 2.32. The number of benzene rings is 1. The molecule has 2 aliphatic heterocycles. The molecule has 1 amide bonds. The number of hydrogen-bond acceptors (Lipinski definition) is 5. The van der Waals surface area contributed by atoms with Gasteiger partial charge in [0.2, 0.25) is 12.7 Å². The minimum atomic E-state index is 0.236. The number of rotatable bonds is 4. The van der Waals surface area contributed by atoms with E-state index in [2.05, 4.69) is 17.0 Å². The maximum Gasteiger partial charge on any atom is 0.231 e. The van der Waals surface area contributed by atoms with Crippen molar-refractivity contribution in [3.63, 3.8) is 0 Å². The fourth-order valence-electron chi connectivity index (χ4n) is 3.13. The summed E-state index contributed by atoms with van der Waals surface area (Å²) in [6.07, 6.45) is 0.528. The standard InChI is InChI=1S/C18H20N2O3S/c21-18(11-15-2-1-9-24-15)20-7-5-19(6-8-20)12-14-3-4-16-17(10-14)23-13-22-16/h1-4,9-10H,5-8,11-13H2. The zero-order chi connectivity index (χ0) is 16.4. The Balaban J connectivity index is 1.29. The minimum Gasteiger partial charge on any atom is -0.454 e. The molecular formula is C18H20N2O3S. The fraction of sp³-hybridized carbons (Fsp3) is 0.389. The largest absolute Gasteiger partial charge is 0.454 e. The SMILES string of the molecule is O=C(Cc1cccs1)N1CCN(Cc2ccc3c(c2)OCO3)CC1. The maximum absolute atomic E-state index is 12.3. The maximum atomic E-state index is 12.3. The highest BCUT2D eigenvalue weighted by atomic mass is 32.1. The van der Waals surface area contributed by atoms with Gasteiger partial charge in [0, 0.05) is 37.6 Å². The first-order valence-corrected chi connectivity index (χ1v) is 9.07. The molecule has 0 radical (unpaired) electrons. The zero-order valence-corrected chi connectivity index (χ0v) is 14.3. The molecule has 3 heterocycles. The average Bonchev–Trinajstić information content (AvgIpc) is 3.26. The number of piperazine rings is 1. The van der Waals surface area contributed by atoms with Gasteiger partial charge in [0.25, 0.3) is 0 Å². The Morgan fingerprint density at radius 1 is 1.08 bits per heavy atom. The highest BCUT2D eigenvalue weighted by molar-refractivity contribution is 7.10. The van der Waals surface area contributed by atoms with Crippen molar-refractivity contribution in [3.8, 4) is 11.5 Å². The van der Waals surface area contributed by atoms with Crippen molar-refractivity contribution in [2.24, 2.45) is 0 Å². The predicted octanol–water partition coefficient (Wildman–Crippen LogP) is 2.36. The first-order valence-electron chi connectivity index (χ1n) is 8.19. The van der Waals surface area contributed by atoms with E-state index in [1.165, 1.54) is 5.56 Å². The van der Waals surface area contributed by atoms with Crippen LogP contribution in [-0.2, 0) is 17.8 Å². The molecule has 1 aromatic carbocycles. The molecule has 0 N–H and O–H groups in total. The summed E-state index contributed by atoms with van der Waals surface area (Å²) in [6, 6.07) is 10.1. The second-order valence-corrected chi connectivity index (χ2v) is 7.13. The highest BCUT2D eigenvalue weighted by Gasteiger charge is 2.22. The number of ether oxygens (including phenoxy) is 2. The molecule has 126 valence electrons. The van der Waals surface area contributed by atoms with E-state index < -0.39 is 0 Å². The molecule has 24 heavy (non-hydrogen) atoms. The molecule has 1 aromatic heterocycles. The topological polar surface area (TPSA) is 42.0 Å². The number of hydrogen-bond donors (Lipinski definition) is 0. The summed E-state index contributed by atoms with van der Waals surface area (Å²) >= 11 is 1.65. The number of amides is 1. The Morgan fingerprint density at radius 3 is 2.71 bits per heavy atom. The third-order valence-corrected chi connectivity index (χ3v) is 5.35. The summed E-state index contributed by atoms with van der Waals surface area (Å²) < 4.78 is 10.8. The molecule has 2 aliphatic rings. The van der Waals surface area contributed by atoms with Crippen molar-refractivity contribution in [2.45, 2.75) is 13.0 Å². The summed E-state index contributed by atoms with van der Waals surface area (Å²) in [5, 5.41) is 2.02. The van der Waals surface area contributed by atoms with E-state index in [0.29, 0.717) is 13.2 Å². The van der Waals surface area contributed by atoms with Crippen molar-refractivity contribution >= 4 is 17.2 Å². The van der Waals surface area contributed by atoms with Crippen LogP contribution in [0.15, 0.2) is 35.7 Å². The number of carbonyl (C=O) groups is 1. The van der Waals surface area contributed by atoms with Gasteiger partial charge in [0.1, 0.15) is 0 Å². The fourth-order valence-corrected chi connectivity index (χ4v) is 3.82. The number of thiophene rings is 1. The molecule has 1 fully saturated rings. The predicted molar refractivity (Wildman–Crippen MR) is 92.4 cm³/mol. The normalized spacial score (nSPS) is 17.2. The van der Waals surface area contributed by atoms with Gasteiger partial charge < -0.3 is 14.4 Å². The monoisotopic (exact) mass is 344 g/mol. The second-order valence-electron chi connectivity index (χ2n) is 6.10. The number of fused-ring (bicyclic) bond motifs is 1. The molecule has 0 aliphatic carbocycles. The molecule has 2 aromatic rings. The molecular weight excluding hydrogens is 324 g/mol. The zero-order valence-electron chi connectivity index (χ0n) is 13.4. The summed E-state index contributed by atoms with van der Waals surface area (Å²) in [4.78, 5) is 17.8. The lowest BCUT2D eigenvalue weighted by atomic mass is 10.1. The van der Waals surface area contributed by atoms with Gasteiger partial charge in [-0.3, -0.25) is 9.69 Å². The van der Waals surface area contributed by atoms with Crippen LogP contribution in [0, 0.1) is 0 Å². The van der Waals surface area contributed by atoms with Crippen LogP contribution < -0.4 is 9.47 Å². The molecule has 6 heteroatoms. The van der Waals surface area contributed by atoms with Crippen LogP contribution in [0.3, 0.4) is 0 Å². The van der Waals surface area contributed by atoms with Crippen LogP contribution >= 0.6 is 11.3 Å². The van der Waals surface area contributed by atoms with E-state index in [1.807, 2.05) is 28.5 Å². The lowest BCUT2D eigenvalue weighted by Gasteiger charge is -2.34. The van der Waals surface area contributed by atoms with Crippen molar-refractivity contribution < 1.29 is 14.3 Å². The van der Waals surface area contributed by atoms with Crippen molar-refractivity contribution in [1.82, 2.24) is 9.80 Å². The van der Waals surface area contributed by atoms with Gasteiger partial charge in [-0.1, -0.05) is 12.1 Å². The smallest absolute Gasteiger partial charge is 0.231 e. The van der Waals surface area contributed by atoms with Crippen LogP contribution in [0.1, 0.15) is 10.4 Å². The van der Waals surface area contributed by atoms with E-state index >= 15 is 0 Å². The molecule has 0 unspecified atom stereocenters. The third-order valence-electron chi connectivity index (χ3n) is 4.47. The van der Waals surface area contributed by atoms with Crippen LogP contribution in [0.2, 0.25) is 0 Å². The van der Waals surface area contributed by atoms with Crippen molar-refractivity contribution in [1.29, 1.82) is 0 Å². The number of carbonyl (C=O) groups excluding carboxylic acids is 1. The molecule has 4 rings (SSSR count). The summed E-state index contributed by atoms with van der Waals surface area (Å²) in [5.74, 6) is 1.89.